The molecule has 108 valence electrons. The number of hydrogen-bond acceptors (Lipinski definition) is 2. The van der Waals surface area contributed by atoms with Gasteiger partial charge in [-0.2, -0.15) is 0 Å². The number of likely N-dealkylation sites (tertiary alicyclic amines) is 1. The molecule has 2 rings (SSSR count). The molecule has 4 nitrogen and oxygen atoms in total. The van der Waals surface area contributed by atoms with Crippen LogP contribution in [0.2, 0.25) is 0 Å². The van der Waals surface area contributed by atoms with Crippen molar-refractivity contribution in [3.63, 3.8) is 0 Å². The van der Waals surface area contributed by atoms with Crippen LogP contribution in [0.4, 0.5) is 4.39 Å². The predicted molar refractivity (Wildman–Crippen MR) is 73.5 cm³/mol. The van der Waals surface area contributed by atoms with Gasteiger partial charge in [0.15, 0.2) is 0 Å². The number of carbonyl (C=O) groups is 2. The molecule has 1 fully saturated rings. The van der Waals surface area contributed by atoms with Crippen LogP contribution in [0.25, 0.3) is 0 Å². The van der Waals surface area contributed by atoms with Gasteiger partial charge in [0.2, 0.25) is 11.8 Å². The first-order valence-electron chi connectivity index (χ1n) is 6.84. The summed E-state index contributed by atoms with van der Waals surface area (Å²) < 4.78 is 13.0. The van der Waals surface area contributed by atoms with Crippen molar-refractivity contribution >= 4 is 11.8 Å². The summed E-state index contributed by atoms with van der Waals surface area (Å²) in [5.41, 5.74) is 0.670. The molecule has 1 aromatic carbocycles. The number of amides is 2. The quantitative estimate of drug-likeness (QED) is 0.911. The summed E-state index contributed by atoms with van der Waals surface area (Å²) in [4.78, 5) is 24.9. The maximum Gasteiger partial charge on any atom is 0.224 e. The fourth-order valence-corrected chi connectivity index (χ4v) is 2.45. The van der Waals surface area contributed by atoms with E-state index in [-0.39, 0.29) is 30.1 Å². The van der Waals surface area contributed by atoms with Crippen molar-refractivity contribution in [2.24, 2.45) is 0 Å². The molecule has 1 saturated heterocycles. The molecule has 0 aliphatic carbocycles. The Kier molecular flexibility index (Phi) is 4.71. The number of rotatable bonds is 3. The first-order valence-corrected chi connectivity index (χ1v) is 6.84. The van der Waals surface area contributed by atoms with Gasteiger partial charge in [-0.05, 0) is 30.5 Å². The van der Waals surface area contributed by atoms with Crippen molar-refractivity contribution in [2.45, 2.75) is 32.2 Å². The summed E-state index contributed by atoms with van der Waals surface area (Å²) in [7, 11) is 0. The third kappa shape index (κ3) is 4.05. The van der Waals surface area contributed by atoms with Gasteiger partial charge in [0, 0.05) is 26.1 Å². The Morgan fingerprint density at radius 3 is 2.65 bits per heavy atom. The van der Waals surface area contributed by atoms with Gasteiger partial charge in [0.1, 0.15) is 5.82 Å². The fourth-order valence-electron chi connectivity index (χ4n) is 2.45. The predicted octanol–water partition coefficient (Wildman–Crippen LogP) is 1.50. The molecular formula is C15H19FN2O2. The van der Waals surface area contributed by atoms with E-state index in [0.29, 0.717) is 18.7 Å². The number of nitrogens with one attached hydrogen (secondary N) is 1. The van der Waals surface area contributed by atoms with E-state index < -0.39 is 0 Å². The number of hydrogen-bond donors (Lipinski definition) is 1. The molecule has 1 aliphatic heterocycles. The van der Waals surface area contributed by atoms with Crippen molar-refractivity contribution in [1.29, 1.82) is 0 Å². The van der Waals surface area contributed by atoms with Crippen LogP contribution in [0.3, 0.4) is 0 Å². The van der Waals surface area contributed by atoms with Crippen molar-refractivity contribution < 1.29 is 14.0 Å². The second-order valence-corrected chi connectivity index (χ2v) is 5.15. The largest absolute Gasteiger partial charge is 0.353 e. The van der Waals surface area contributed by atoms with E-state index in [4.69, 9.17) is 0 Å². The minimum atomic E-state index is -0.329. The molecule has 20 heavy (non-hydrogen) atoms. The number of benzene rings is 1. The zero-order chi connectivity index (χ0) is 14.5. The molecule has 0 atom stereocenters. The highest BCUT2D eigenvalue weighted by molar-refractivity contribution is 5.79. The van der Waals surface area contributed by atoms with E-state index >= 15 is 0 Å². The van der Waals surface area contributed by atoms with Gasteiger partial charge in [-0.25, -0.2) is 4.39 Å². The summed E-state index contributed by atoms with van der Waals surface area (Å²) in [5, 5.41) is 2.95. The Bertz CT molecular complexity index is 496. The number of halogens is 1. The summed E-state index contributed by atoms with van der Waals surface area (Å²) >= 11 is 0. The number of carbonyl (C=O) groups excluding carboxylic acids is 2. The van der Waals surface area contributed by atoms with Gasteiger partial charge in [0.25, 0.3) is 0 Å². The van der Waals surface area contributed by atoms with E-state index in [1.165, 1.54) is 12.1 Å². The maximum absolute atomic E-state index is 13.0. The highest BCUT2D eigenvalue weighted by atomic mass is 19.1. The van der Waals surface area contributed by atoms with Crippen LogP contribution in [0.15, 0.2) is 24.3 Å². The lowest BCUT2D eigenvalue weighted by molar-refractivity contribution is -0.130. The second kappa shape index (κ2) is 6.50. The first-order chi connectivity index (χ1) is 9.54. The standard InChI is InChI=1S/C15H19FN2O2/c1-11(19)18-7-5-14(6-8-18)17-15(20)10-12-3-2-4-13(16)9-12/h2-4,9,14H,5-8,10H2,1H3,(H,17,20). The van der Waals surface area contributed by atoms with Gasteiger partial charge < -0.3 is 10.2 Å². The summed E-state index contributed by atoms with van der Waals surface area (Å²) in [6.07, 6.45) is 1.73. The molecule has 0 radical (unpaired) electrons. The summed E-state index contributed by atoms with van der Waals surface area (Å²) in [6.45, 7) is 2.92. The SMILES string of the molecule is CC(=O)N1CCC(NC(=O)Cc2cccc(F)c2)CC1. The Hall–Kier alpha value is -1.91. The minimum absolute atomic E-state index is 0.0783. The lowest BCUT2D eigenvalue weighted by Gasteiger charge is -2.31. The molecule has 0 aromatic heterocycles. The molecular weight excluding hydrogens is 259 g/mol. The van der Waals surface area contributed by atoms with Crippen LogP contribution >= 0.6 is 0 Å². The van der Waals surface area contributed by atoms with Crippen LogP contribution in [0.5, 0.6) is 0 Å². The van der Waals surface area contributed by atoms with E-state index in [1.807, 2.05) is 0 Å². The van der Waals surface area contributed by atoms with E-state index in [2.05, 4.69) is 5.32 Å². The number of piperidine rings is 1. The average molecular weight is 278 g/mol. The molecule has 1 N–H and O–H groups in total. The highest BCUT2D eigenvalue weighted by Gasteiger charge is 2.21. The molecule has 0 spiro atoms. The highest BCUT2D eigenvalue weighted by Crippen LogP contribution is 2.11. The summed E-state index contributed by atoms with van der Waals surface area (Å²) in [5.74, 6) is -0.350. The smallest absolute Gasteiger partial charge is 0.224 e. The van der Waals surface area contributed by atoms with Gasteiger partial charge in [-0.1, -0.05) is 12.1 Å². The molecule has 1 aliphatic rings. The average Bonchev–Trinajstić information content (AvgIpc) is 2.39. The molecule has 5 heteroatoms. The lowest BCUT2D eigenvalue weighted by Crippen LogP contribution is -2.46. The van der Waals surface area contributed by atoms with E-state index in [0.717, 1.165) is 12.8 Å². The van der Waals surface area contributed by atoms with Crippen molar-refractivity contribution in [3.8, 4) is 0 Å². The van der Waals surface area contributed by atoms with E-state index in [9.17, 15) is 14.0 Å². The van der Waals surface area contributed by atoms with Crippen molar-refractivity contribution in [3.05, 3.63) is 35.6 Å². The molecule has 0 unspecified atom stereocenters. The molecule has 0 bridgehead atoms. The van der Waals surface area contributed by atoms with Crippen LogP contribution in [-0.2, 0) is 16.0 Å². The lowest BCUT2D eigenvalue weighted by atomic mass is 10.0. The Morgan fingerprint density at radius 1 is 1.35 bits per heavy atom. The van der Waals surface area contributed by atoms with E-state index in [1.54, 1.807) is 24.0 Å². The zero-order valence-electron chi connectivity index (χ0n) is 11.6. The van der Waals surface area contributed by atoms with Crippen molar-refractivity contribution in [1.82, 2.24) is 10.2 Å². The molecule has 1 aromatic rings. The van der Waals surface area contributed by atoms with Crippen molar-refractivity contribution in [2.75, 3.05) is 13.1 Å². The number of nitrogens with zero attached hydrogens (tertiary/aromatic N) is 1. The van der Waals surface area contributed by atoms with Crippen LogP contribution < -0.4 is 5.32 Å². The van der Waals surface area contributed by atoms with Crippen LogP contribution in [0.1, 0.15) is 25.3 Å². The topological polar surface area (TPSA) is 49.4 Å². The van der Waals surface area contributed by atoms with Gasteiger partial charge in [-0.15, -0.1) is 0 Å². The Morgan fingerprint density at radius 2 is 2.05 bits per heavy atom. The molecule has 0 saturated carbocycles. The third-order valence-electron chi connectivity index (χ3n) is 3.56. The summed E-state index contributed by atoms with van der Waals surface area (Å²) in [6, 6.07) is 6.17. The Labute approximate surface area is 118 Å². The van der Waals surface area contributed by atoms with Crippen LogP contribution in [0, 0.1) is 5.82 Å². The fraction of sp³-hybridized carbons (Fsp3) is 0.467. The zero-order valence-corrected chi connectivity index (χ0v) is 11.6. The Balaban J connectivity index is 1.80. The minimum Gasteiger partial charge on any atom is -0.353 e. The second-order valence-electron chi connectivity index (χ2n) is 5.15. The van der Waals surface area contributed by atoms with Gasteiger partial charge in [0.05, 0.1) is 6.42 Å². The molecule has 1 heterocycles. The van der Waals surface area contributed by atoms with Gasteiger partial charge in [-0.3, -0.25) is 9.59 Å². The third-order valence-corrected chi connectivity index (χ3v) is 3.56. The first kappa shape index (κ1) is 14.5. The van der Waals surface area contributed by atoms with Crippen LogP contribution in [-0.4, -0.2) is 35.8 Å². The van der Waals surface area contributed by atoms with Gasteiger partial charge >= 0.3 is 0 Å². The maximum atomic E-state index is 13.0. The molecule has 2 amide bonds. The normalized spacial score (nSPS) is 16.0. The monoisotopic (exact) mass is 278 g/mol.